The molecule has 3 heteroatoms. The van der Waals surface area contributed by atoms with Gasteiger partial charge in [-0.2, -0.15) is 0 Å². The quantitative estimate of drug-likeness (QED) is 0.671. The first kappa shape index (κ1) is 9.77. The van der Waals surface area contributed by atoms with Crippen molar-refractivity contribution in [3.63, 3.8) is 0 Å². The van der Waals surface area contributed by atoms with Crippen LogP contribution in [-0.4, -0.2) is 0 Å². The van der Waals surface area contributed by atoms with Crippen molar-refractivity contribution in [2.75, 3.05) is 0 Å². The van der Waals surface area contributed by atoms with Crippen molar-refractivity contribution in [1.82, 2.24) is 0 Å². The van der Waals surface area contributed by atoms with E-state index in [1.165, 1.54) is 24.3 Å². The molecule has 74 valence electrons. The summed E-state index contributed by atoms with van der Waals surface area (Å²) in [6.07, 6.45) is 0. The summed E-state index contributed by atoms with van der Waals surface area (Å²) in [5, 5.41) is 0. The Hall–Kier alpha value is -1.77. The van der Waals surface area contributed by atoms with Crippen LogP contribution >= 0.6 is 0 Å². The van der Waals surface area contributed by atoms with Crippen molar-refractivity contribution >= 4 is 0 Å². The maximum absolute atomic E-state index is 13.3. The third kappa shape index (κ3) is 1.86. The average molecular weight is 206 g/mol. The summed E-state index contributed by atoms with van der Waals surface area (Å²) in [6.45, 7) is 0. The van der Waals surface area contributed by atoms with E-state index >= 15 is 0 Å². The number of hydrogen-bond donors (Lipinski definition) is 0. The molecule has 0 nitrogen and oxygen atoms in total. The summed E-state index contributed by atoms with van der Waals surface area (Å²) in [5.74, 6) is -2.70. The molecule has 0 aliphatic rings. The predicted molar refractivity (Wildman–Crippen MR) is 49.4 cm³/mol. The second-order valence-electron chi connectivity index (χ2n) is 2.94. The Morgan fingerprint density at radius 2 is 1.67 bits per heavy atom. The van der Waals surface area contributed by atoms with E-state index < -0.39 is 17.5 Å². The highest BCUT2D eigenvalue weighted by Gasteiger charge is 2.09. The molecule has 0 saturated carbocycles. The molecule has 0 spiro atoms. The van der Waals surface area contributed by atoms with Crippen LogP contribution in [0.3, 0.4) is 0 Å². The minimum atomic E-state index is -1.07. The van der Waals surface area contributed by atoms with E-state index in [2.05, 4.69) is 12.1 Å². The molecule has 0 N–H and O–H groups in total. The fraction of sp³-hybridized carbons (Fsp3) is 0. The average Bonchev–Trinajstić information content (AvgIpc) is 2.22. The molecule has 2 rings (SSSR count). The second-order valence-corrected chi connectivity index (χ2v) is 2.94. The minimum absolute atomic E-state index is 0.0131. The molecule has 15 heavy (non-hydrogen) atoms. The van der Waals surface area contributed by atoms with Crippen LogP contribution in [0.5, 0.6) is 0 Å². The molecule has 0 fully saturated rings. The topological polar surface area (TPSA) is 0 Å². The summed E-state index contributed by atoms with van der Waals surface area (Å²) in [5.41, 5.74) is 0.288. The smallest absolute Gasteiger partial charge is 0.167 e. The fourth-order valence-corrected chi connectivity index (χ4v) is 1.28. The molecular weight excluding hydrogens is 201 g/mol. The molecule has 0 amide bonds. The lowest BCUT2D eigenvalue weighted by atomic mass is 10.1. The normalized spacial score (nSPS) is 10.3. The van der Waals surface area contributed by atoms with Gasteiger partial charge in [-0.15, -0.1) is 0 Å². The molecule has 0 heterocycles. The van der Waals surface area contributed by atoms with Gasteiger partial charge in [-0.3, -0.25) is 0 Å². The van der Waals surface area contributed by atoms with Gasteiger partial charge in [0, 0.05) is 17.7 Å². The van der Waals surface area contributed by atoms with Crippen LogP contribution in [0.15, 0.2) is 30.3 Å². The Morgan fingerprint density at radius 1 is 0.933 bits per heavy atom. The fourth-order valence-electron chi connectivity index (χ4n) is 1.28. The summed E-state index contributed by atoms with van der Waals surface area (Å²) < 4.78 is 38.9. The monoisotopic (exact) mass is 206 g/mol. The van der Waals surface area contributed by atoms with Crippen LogP contribution in [0.25, 0.3) is 11.1 Å². The second kappa shape index (κ2) is 3.77. The molecule has 2 radical (unpaired) electrons. The van der Waals surface area contributed by atoms with Crippen LogP contribution < -0.4 is 0 Å². The lowest BCUT2D eigenvalue weighted by molar-refractivity contribution is 0.509. The third-order valence-electron chi connectivity index (χ3n) is 1.97. The Kier molecular flexibility index (Phi) is 2.46. The molecule has 0 saturated heterocycles. The summed E-state index contributed by atoms with van der Waals surface area (Å²) in [7, 11) is 0. The number of hydrogen-bond acceptors (Lipinski definition) is 0. The van der Waals surface area contributed by atoms with Gasteiger partial charge < -0.3 is 0 Å². The zero-order chi connectivity index (χ0) is 10.8. The first-order valence-electron chi connectivity index (χ1n) is 4.22. The van der Waals surface area contributed by atoms with Gasteiger partial charge >= 0.3 is 0 Å². The van der Waals surface area contributed by atoms with Crippen LogP contribution in [0.2, 0.25) is 0 Å². The van der Waals surface area contributed by atoms with Gasteiger partial charge in [-0.05, 0) is 11.6 Å². The largest absolute Gasteiger partial charge is 0.206 e. The van der Waals surface area contributed by atoms with Crippen molar-refractivity contribution in [1.29, 1.82) is 0 Å². The first-order chi connectivity index (χ1) is 7.18. The molecule has 0 unspecified atom stereocenters. The summed E-state index contributed by atoms with van der Waals surface area (Å²) in [4.78, 5) is 0. The third-order valence-corrected chi connectivity index (χ3v) is 1.97. The number of benzene rings is 2. The molecule has 0 aromatic heterocycles. The molecule has 0 atom stereocenters. The molecule has 2 aromatic carbocycles. The van der Waals surface area contributed by atoms with Crippen molar-refractivity contribution in [2.24, 2.45) is 0 Å². The van der Waals surface area contributed by atoms with Gasteiger partial charge in [0.1, 0.15) is 5.82 Å². The lowest BCUT2D eigenvalue weighted by Crippen LogP contribution is -1.89. The van der Waals surface area contributed by atoms with Crippen LogP contribution in [-0.2, 0) is 0 Å². The lowest BCUT2D eigenvalue weighted by Gasteiger charge is -2.03. The highest BCUT2D eigenvalue weighted by atomic mass is 19.2. The number of halogens is 3. The highest BCUT2D eigenvalue weighted by molar-refractivity contribution is 5.63. The van der Waals surface area contributed by atoms with Gasteiger partial charge in [-0.1, -0.05) is 24.3 Å². The van der Waals surface area contributed by atoms with E-state index in [0.717, 1.165) is 6.07 Å². The summed E-state index contributed by atoms with van der Waals surface area (Å²) >= 11 is 0. The molecule has 0 aliphatic heterocycles. The Morgan fingerprint density at radius 3 is 2.40 bits per heavy atom. The Labute approximate surface area is 85.0 Å². The van der Waals surface area contributed by atoms with Crippen molar-refractivity contribution in [2.45, 2.75) is 0 Å². The van der Waals surface area contributed by atoms with E-state index in [1.54, 1.807) is 0 Å². The zero-order valence-electron chi connectivity index (χ0n) is 7.52. The van der Waals surface area contributed by atoms with Gasteiger partial charge in [0.2, 0.25) is 0 Å². The molecular formula is C12H5F3. The van der Waals surface area contributed by atoms with Crippen molar-refractivity contribution in [3.05, 3.63) is 59.9 Å². The molecule has 0 aliphatic carbocycles. The van der Waals surface area contributed by atoms with Gasteiger partial charge in [-0.25, -0.2) is 13.2 Å². The maximum Gasteiger partial charge on any atom is 0.167 e. The van der Waals surface area contributed by atoms with Gasteiger partial charge in [0.05, 0.1) is 0 Å². The summed E-state index contributed by atoms with van der Waals surface area (Å²) in [6, 6.07) is 10.8. The van der Waals surface area contributed by atoms with E-state index in [9.17, 15) is 13.2 Å². The SMILES string of the molecule is Fc1[c]ccc(-c2cc[c]c(F)c2F)c1. The number of rotatable bonds is 1. The van der Waals surface area contributed by atoms with Crippen molar-refractivity contribution in [3.8, 4) is 11.1 Å². The first-order valence-corrected chi connectivity index (χ1v) is 4.22. The van der Waals surface area contributed by atoms with Gasteiger partial charge in [0.15, 0.2) is 11.6 Å². The Bertz CT molecular complexity index is 492. The van der Waals surface area contributed by atoms with E-state index in [4.69, 9.17) is 0 Å². The highest BCUT2D eigenvalue weighted by Crippen LogP contribution is 2.24. The Balaban J connectivity index is 2.59. The predicted octanol–water partition coefficient (Wildman–Crippen LogP) is 3.37. The maximum atomic E-state index is 13.3. The van der Waals surface area contributed by atoms with Crippen LogP contribution in [0, 0.1) is 29.6 Å². The minimum Gasteiger partial charge on any atom is -0.206 e. The standard InChI is InChI=1S/C12H5F3/c13-9-4-1-3-8(7-9)10-5-2-6-11(14)12(10)15/h1-3,5,7H. The van der Waals surface area contributed by atoms with Crippen LogP contribution in [0.1, 0.15) is 0 Å². The van der Waals surface area contributed by atoms with E-state index in [-0.39, 0.29) is 11.1 Å². The molecule has 0 bridgehead atoms. The van der Waals surface area contributed by atoms with E-state index in [0.29, 0.717) is 0 Å². The zero-order valence-corrected chi connectivity index (χ0v) is 7.52. The molecule has 2 aromatic rings. The van der Waals surface area contributed by atoms with Gasteiger partial charge in [0.25, 0.3) is 0 Å². The van der Waals surface area contributed by atoms with E-state index in [1.807, 2.05) is 0 Å². The van der Waals surface area contributed by atoms with Crippen LogP contribution in [0.4, 0.5) is 13.2 Å². The van der Waals surface area contributed by atoms with Crippen molar-refractivity contribution < 1.29 is 13.2 Å².